The lowest BCUT2D eigenvalue weighted by molar-refractivity contribution is 0.628. The number of rotatable bonds is 2. The van der Waals surface area contributed by atoms with Gasteiger partial charge in [0.05, 0.1) is 11.4 Å². The van der Waals surface area contributed by atoms with Crippen LogP contribution in [0.1, 0.15) is 5.69 Å². The number of nitrogens with zero attached hydrogens (tertiary/aromatic N) is 2. The SMILES string of the molecule is Cc1nccnc1-c1cc(-c2ccc(F)cc2)ccc1N. The Kier molecular flexibility index (Phi) is 3.36. The molecule has 0 aliphatic carbocycles. The Labute approximate surface area is 122 Å². The van der Waals surface area contributed by atoms with Crippen LogP contribution in [0.4, 0.5) is 10.1 Å². The van der Waals surface area contributed by atoms with Gasteiger partial charge in [-0.2, -0.15) is 0 Å². The van der Waals surface area contributed by atoms with E-state index >= 15 is 0 Å². The molecule has 3 rings (SSSR count). The van der Waals surface area contributed by atoms with Crippen LogP contribution in [0.2, 0.25) is 0 Å². The number of nitrogens with two attached hydrogens (primary N) is 1. The Morgan fingerprint density at radius 3 is 2.29 bits per heavy atom. The van der Waals surface area contributed by atoms with E-state index in [0.29, 0.717) is 5.69 Å². The molecule has 0 saturated heterocycles. The van der Waals surface area contributed by atoms with Crippen LogP contribution in [0.5, 0.6) is 0 Å². The third-order valence-electron chi connectivity index (χ3n) is 3.37. The van der Waals surface area contributed by atoms with E-state index in [0.717, 1.165) is 28.1 Å². The van der Waals surface area contributed by atoms with E-state index in [1.54, 1.807) is 24.5 Å². The zero-order valence-corrected chi connectivity index (χ0v) is 11.5. The van der Waals surface area contributed by atoms with Crippen LogP contribution in [0.3, 0.4) is 0 Å². The van der Waals surface area contributed by atoms with Crippen molar-refractivity contribution in [2.24, 2.45) is 0 Å². The summed E-state index contributed by atoms with van der Waals surface area (Å²) in [5.41, 5.74) is 11.0. The van der Waals surface area contributed by atoms with Crippen molar-refractivity contribution in [3.05, 3.63) is 66.4 Å². The van der Waals surface area contributed by atoms with Crippen molar-refractivity contribution in [3.8, 4) is 22.4 Å². The average Bonchev–Trinajstić information content (AvgIpc) is 2.50. The molecule has 2 N–H and O–H groups in total. The molecule has 4 heteroatoms. The van der Waals surface area contributed by atoms with Crippen LogP contribution >= 0.6 is 0 Å². The molecule has 0 radical (unpaired) electrons. The predicted molar refractivity (Wildman–Crippen MR) is 82.0 cm³/mol. The lowest BCUT2D eigenvalue weighted by Crippen LogP contribution is -1.96. The second kappa shape index (κ2) is 5.32. The molecule has 0 spiro atoms. The van der Waals surface area contributed by atoms with Gasteiger partial charge in [0.15, 0.2) is 0 Å². The van der Waals surface area contributed by atoms with Crippen molar-refractivity contribution in [1.29, 1.82) is 0 Å². The summed E-state index contributed by atoms with van der Waals surface area (Å²) in [7, 11) is 0. The number of benzene rings is 2. The summed E-state index contributed by atoms with van der Waals surface area (Å²) in [4.78, 5) is 8.60. The average molecular weight is 279 g/mol. The normalized spacial score (nSPS) is 10.6. The number of halogens is 1. The van der Waals surface area contributed by atoms with Gasteiger partial charge in [-0.3, -0.25) is 9.97 Å². The van der Waals surface area contributed by atoms with Crippen LogP contribution in [-0.4, -0.2) is 9.97 Å². The molecule has 0 atom stereocenters. The summed E-state index contributed by atoms with van der Waals surface area (Å²) < 4.78 is 13.0. The van der Waals surface area contributed by atoms with Gasteiger partial charge in [-0.25, -0.2) is 4.39 Å². The fraction of sp³-hybridized carbons (Fsp3) is 0.0588. The lowest BCUT2D eigenvalue weighted by atomic mass is 9.99. The van der Waals surface area contributed by atoms with Gasteiger partial charge < -0.3 is 5.73 Å². The summed E-state index contributed by atoms with van der Waals surface area (Å²) in [6, 6.07) is 12.1. The Morgan fingerprint density at radius 2 is 1.57 bits per heavy atom. The molecule has 104 valence electrons. The van der Waals surface area contributed by atoms with Gasteiger partial charge in [-0.1, -0.05) is 18.2 Å². The largest absolute Gasteiger partial charge is 0.398 e. The monoisotopic (exact) mass is 279 g/mol. The smallest absolute Gasteiger partial charge is 0.123 e. The second-order valence-electron chi connectivity index (χ2n) is 4.80. The van der Waals surface area contributed by atoms with Gasteiger partial charge in [0.1, 0.15) is 5.82 Å². The Balaban J connectivity index is 2.13. The highest BCUT2D eigenvalue weighted by Gasteiger charge is 2.10. The molecule has 1 heterocycles. The van der Waals surface area contributed by atoms with Crippen LogP contribution in [0.15, 0.2) is 54.9 Å². The highest BCUT2D eigenvalue weighted by atomic mass is 19.1. The molecule has 1 aromatic heterocycles. The number of hydrogen-bond acceptors (Lipinski definition) is 3. The minimum Gasteiger partial charge on any atom is -0.398 e. The highest BCUT2D eigenvalue weighted by molar-refractivity contribution is 5.81. The first kappa shape index (κ1) is 13.2. The lowest BCUT2D eigenvalue weighted by Gasteiger charge is -2.10. The number of aromatic nitrogens is 2. The van der Waals surface area contributed by atoms with Crippen LogP contribution < -0.4 is 5.73 Å². The molecule has 0 fully saturated rings. The second-order valence-corrected chi connectivity index (χ2v) is 4.80. The molecular weight excluding hydrogens is 265 g/mol. The third kappa shape index (κ3) is 2.60. The van der Waals surface area contributed by atoms with E-state index in [1.807, 2.05) is 25.1 Å². The highest BCUT2D eigenvalue weighted by Crippen LogP contribution is 2.31. The molecule has 0 aliphatic heterocycles. The van der Waals surface area contributed by atoms with E-state index in [2.05, 4.69) is 9.97 Å². The molecule has 0 saturated carbocycles. The van der Waals surface area contributed by atoms with Gasteiger partial charge in [0.25, 0.3) is 0 Å². The first-order valence-corrected chi connectivity index (χ1v) is 6.58. The molecule has 3 nitrogen and oxygen atoms in total. The maximum Gasteiger partial charge on any atom is 0.123 e. The minimum absolute atomic E-state index is 0.251. The van der Waals surface area contributed by atoms with Crippen LogP contribution in [-0.2, 0) is 0 Å². The van der Waals surface area contributed by atoms with Crippen molar-refractivity contribution >= 4 is 5.69 Å². The summed E-state index contributed by atoms with van der Waals surface area (Å²) in [6.07, 6.45) is 3.30. The molecule has 3 aromatic rings. The standard InChI is InChI=1S/C17H14FN3/c1-11-17(21-9-8-20-11)15-10-13(4-7-16(15)19)12-2-5-14(18)6-3-12/h2-10H,19H2,1H3. The predicted octanol–water partition coefficient (Wildman–Crippen LogP) is 3.84. The van der Waals surface area contributed by atoms with Crippen molar-refractivity contribution in [1.82, 2.24) is 9.97 Å². The summed E-state index contributed by atoms with van der Waals surface area (Å²) in [5, 5.41) is 0. The Hall–Kier alpha value is -2.75. The quantitative estimate of drug-likeness (QED) is 0.725. The van der Waals surface area contributed by atoms with E-state index in [9.17, 15) is 4.39 Å². The molecule has 0 amide bonds. The van der Waals surface area contributed by atoms with Crippen molar-refractivity contribution < 1.29 is 4.39 Å². The minimum atomic E-state index is -0.251. The zero-order chi connectivity index (χ0) is 14.8. The molecule has 21 heavy (non-hydrogen) atoms. The number of nitrogen functional groups attached to an aromatic ring is 1. The fourth-order valence-electron chi connectivity index (χ4n) is 2.26. The Bertz CT molecular complexity index is 782. The first-order chi connectivity index (χ1) is 10.1. The summed E-state index contributed by atoms with van der Waals surface area (Å²) in [6.45, 7) is 1.90. The van der Waals surface area contributed by atoms with Crippen LogP contribution in [0.25, 0.3) is 22.4 Å². The maximum atomic E-state index is 13.0. The van der Waals surface area contributed by atoms with Gasteiger partial charge >= 0.3 is 0 Å². The molecule has 0 bridgehead atoms. The van der Waals surface area contributed by atoms with E-state index < -0.39 is 0 Å². The topological polar surface area (TPSA) is 51.8 Å². The number of aryl methyl sites for hydroxylation is 1. The number of anilines is 1. The van der Waals surface area contributed by atoms with Gasteiger partial charge in [-0.15, -0.1) is 0 Å². The first-order valence-electron chi connectivity index (χ1n) is 6.58. The molecule has 0 unspecified atom stereocenters. The summed E-state index contributed by atoms with van der Waals surface area (Å²) >= 11 is 0. The maximum absolute atomic E-state index is 13.0. The van der Waals surface area contributed by atoms with Crippen molar-refractivity contribution in [3.63, 3.8) is 0 Å². The zero-order valence-electron chi connectivity index (χ0n) is 11.5. The van der Waals surface area contributed by atoms with Gasteiger partial charge in [-0.05, 0) is 42.3 Å². The van der Waals surface area contributed by atoms with Gasteiger partial charge in [0.2, 0.25) is 0 Å². The molecular formula is C17H14FN3. The Morgan fingerprint density at radius 1 is 0.905 bits per heavy atom. The van der Waals surface area contributed by atoms with E-state index in [1.165, 1.54) is 12.1 Å². The van der Waals surface area contributed by atoms with E-state index in [-0.39, 0.29) is 5.82 Å². The summed E-state index contributed by atoms with van der Waals surface area (Å²) in [5.74, 6) is -0.251. The molecule has 2 aromatic carbocycles. The fourth-order valence-corrected chi connectivity index (χ4v) is 2.26. The van der Waals surface area contributed by atoms with Crippen molar-refractivity contribution in [2.75, 3.05) is 5.73 Å². The van der Waals surface area contributed by atoms with Gasteiger partial charge in [0, 0.05) is 23.6 Å². The number of hydrogen-bond donors (Lipinski definition) is 1. The van der Waals surface area contributed by atoms with Crippen molar-refractivity contribution in [2.45, 2.75) is 6.92 Å². The van der Waals surface area contributed by atoms with Crippen LogP contribution in [0, 0.1) is 12.7 Å². The molecule has 0 aliphatic rings. The third-order valence-corrected chi connectivity index (χ3v) is 3.37. The van der Waals surface area contributed by atoms with E-state index in [4.69, 9.17) is 5.73 Å².